The number of methoxy groups -OCH3 is 1. The second-order valence-corrected chi connectivity index (χ2v) is 7.34. The number of hydrogen-bond acceptors (Lipinski definition) is 5. The van der Waals surface area contributed by atoms with Gasteiger partial charge in [-0.05, 0) is 37.5 Å². The average Bonchev–Trinajstić information content (AvgIpc) is 2.86. The molecule has 2 atom stereocenters. The van der Waals surface area contributed by atoms with Gasteiger partial charge in [0.05, 0.1) is 7.11 Å². The fraction of sp³-hybridized carbons (Fsp3) is 0.474. The highest BCUT2D eigenvalue weighted by Gasteiger charge is 2.51. The number of nitrogens with one attached hydrogen (secondary N) is 2. The van der Waals surface area contributed by atoms with Gasteiger partial charge in [0.1, 0.15) is 29.8 Å². The number of esters is 1. The lowest BCUT2D eigenvalue weighted by Gasteiger charge is -2.23. The number of benzene rings is 1. The molecular weight excluding hydrogens is 388 g/mol. The monoisotopic (exact) mass is 411 g/mol. The molecule has 1 fully saturated rings. The van der Waals surface area contributed by atoms with Crippen LogP contribution >= 0.6 is 0 Å². The molecule has 0 bridgehead atoms. The molecule has 1 aliphatic rings. The minimum absolute atomic E-state index is 0.0651. The predicted molar refractivity (Wildman–Crippen MR) is 97.4 cm³/mol. The zero-order chi connectivity index (χ0) is 21.9. The number of ether oxygens (including phenoxy) is 1. The van der Waals surface area contributed by atoms with Gasteiger partial charge < -0.3 is 15.4 Å². The van der Waals surface area contributed by atoms with Crippen LogP contribution in [0.15, 0.2) is 18.2 Å². The van der Waals surface area contributed by atoms with Crippen molar-refractivity contribution in [2.45, 2.75) is 38.8 Å². The van der Waals surface area contributed by atoms with Gasteiger partial charge in [-0.15, -0.1) is 0 Å². The molecule has 1 aromatic carbocycles. The molecule has 0 unspecified atom stereocenters. The van der Waals surface area contributed by atoms with Gasteiger partial charge in [-0.2, -0.15) is 0 Å². The van der Waals surface area contributed by atoms with Gasteiger partial charge in [0, 0.05) is 5.56 Å². The Bertz CT molecular complexity index is 845. The van der Waals surface area contributed by atoms with Crippen LogP contribution in [-0.2, 0) is 24.7 Å². The summed E-state index contributed by atoms with van der Waals surface area (Å²) in [5.74, 6) is -3.94. The zero-order valence-electron chi connectivity index (χ0n) is 16.5. The van der Waals surface area contributed by atoms with Gasteiger partial charge in [-0.1, -0.05) is 13.8 Å². The molecule has 1 aromatic rings. The second kappa shape index (κ2) is 8.54. The molecule has 0 aromatic heterocycles. The maximum absolute atomic E-state index is 14.2. The average molecular weight is 411 g/mol. The van der Waals surface area contributed by atoms with Gasteiger partial charge in [0.15, 0.2) is 0 Å². The van der Waals surface area contributed by atoms with E-state index in [9.17, 15) is 28.0 Å². The lowest BCUT2D eigenvalue weighted by Crippen LogP contribution is -2.48. The van der Waals surface area contributed by atoms with Gasteiger partial charge in [-0.25, -0.2) is 18.4 Å². The van der Waals surface area contributed by atoms with E-state index in [0.29, 0.717) is 11.3 Å². The van der Waals surface area contributed by atoms with Crippen LogP contribution in [0.4, 0.5) is 13.6 Å². The third-order valence-electron chi connectivity index (χ3n) is 4.57. The summed E-state index contributed by atoms with van der Waals surface area (Å²) in [6.07, 6.45) is 0.296. The minimum atomic E-state index is -1.87. The first kappa shape index (κ1) is 22.3. The predicted octanol–water partition coefficient (Wildman–Crippen LogP) is 1.44. The molecule has 2 N–H and O–H groups in total. The molecule has 10 heteroatoms. The largest absolute Gasteiger partial charge is 0.467 e. The quantitative estimate of drug-likeness (QED) is 0.522. The summed E-state index contributed by atoms with van der Waals surface area (Å²) < 4.78 is 32.4. The van der Waals surface area contributed by atoms with E-state index < -0.39 is 53.6 Å². The van der Waals surface area contributed by atoms with Crippen molar-refractivity contribution >= 4 is 23.8 Å². The van der Waals surface area contributed by atoms with Gasteiger partial charge in [0.2, 0.25) is 5.91 Å². The highest BCUT2D eigenvalue weighted by atomic mass is 19.1. The van der Waals surface area contributed by atoms with E-state index in [0.717, 1.165) is 18.2 Å². The van der Waals surface area contributed by atoms with Crippen molar-refractivity contribution in [3.8, 4) is 0 Å². The van der Waals surface area contributed by atoms with Crippen molar-refractivity contribution in [2.75, 3.05) is 13.7 Å². The number of carbonyl (C=O) groups is 4. The van der Waals surface area contributed by atoms with Crippen LogP contribution in [0.5, 0.6) is 0 Å². The zero-order valence-corrected chi connectivity index (χ0v) is 16.5. The molecule has 0 aliphatic carbocycles. The summed E-state index contributed by atoms with van der Waals surface area (Å²) >= 11 is 0. The van der Waals surface area contributed by atoms with Crippen LogP contribution in [-0.4, -0.2) is 48.4 Å². The summed E-state index contributed by atoms with van der Waals surface area (Å²) in [5.41, 5.74) is -2.23. The van der Waals surface area contributed by atoms with E-state index in [-0.39, 0.29) is 11.5 Å². The molecule has 158 valence electrons. The number of halogens is 2. The maximum Gasteiger partial charge on any atom is 0.328 e. The first-order valence-electron chi connectivity index (χ1n) is 8.96. The van der Waals surface area contributed by atoms with Crippen LogP contribution in [0.3, 0.4) is 0 Å². The molecule has 29 heavy (non-hydrogen) atoms. The van der Waals surface area contributed by atoms with Crippen LogP contribution in [0.1, 0.15) is 32.8 Å². The van der Waals surface area contributed by atoms with Crippen molar-refractivity contribution in [2.24, 2.45) is 5.92 Å². The number of hydrogen-bond donors (Lipinski definition) is 2. The first-order chi connectivity index (χ1) is 13.5. The summed E-state index contributed by atoms with van der Waals surface area (Å²) in [7, 11) is 1.18. The number of nitrogens with zero attached hydrogens (tertiary/aromatic N) is 1. The van der Waals surface area contributed by atoms with Crippen LogP contribution < -0.4 is 10.6 Å². The highest BCUT2D eigenvalue weighted by Crippen LogP contribution is 2.31. The lowest BCUT2D eigenvalue weighted by atomic mass is 9.91. The van der Waals surface area contributed by atoms with Crippen LogP contribution in [0, 0.1) is 17.6 Å². The molecule has 0 spiro atoms. The molecule has 0 radical (unpaired) electrons. The molecule has 1 heterocycles. The van der Waals surface area contributed by atoms with E-state index >= 15 is 0 Å². The SMILES string of the molecule is COC(=O)[C@@H](CC(C)C)NC(=O)CN1C(=O)N[C@@](C)(c2cc(F)ccc2F)C1=O. The minimum Gasteiger partial charge on any atom is -0.467 e. The van der Waals surface area contributed by atoms with E-state index in [1.165, 1.54) is 14.0 Å². The van der Waals surface area contributed by atoms with E-state index in [1.807, 2.05) is 13.8 Å². The molecule has 8 nitrogen and oxygen atoms in total. The van der Waals surface area contributed by atoms with Crippen molar-refractivity contribution < 1.29 is 32.7 Å². The van der Waals surface area contributed by atoms with E-state index in [4.69, 9.17) is 0 Å². The Morgan fingerprint density at radius 1 is 1.28 bits per heavy atom. The number of amides is 4. The van der Waals surface area contributed by atoms with Gasteiger partial charge >= 0.3 is 12.0 Å². The number of rotatable bonds is 7. The van der Waals surface area contributed by atoms with Crippen molar-refractivity contribution in [1.82, 2.24) is 15.5 Å². The van der Waals surface area contributed by atoms with Crippen molar-refractivity contribution in [3.63, 3.8) is 0 Å². The second-order valence-electron chi connectivity index (χ2n) is 7.34. The molecule has 4 amide bonds. The van der Waals surface area contributed by atoms with Crippen LogP contribution in [0.25, 0.3) is 0 Å². The molecule has 1 aliphatic heterocycles. The number of carbonyl (C=O) groups excluding carboxylic acids is 4. The molecule has 0 saturated carbocycles. The third kappa shape index (κ3) is 4.69. The fourth-order valence-electron chi connectivity index (χ4n) is 3.12. The summed E-state index contributed by atoms with van der Waals surface area (Å²) in [6, 6.07) is 0.663. The third-order valence-corrected chi connectivity index (χ3v) is 4.57. The van der Waals surface area contributed by atoms with Gasteiger partial charge in [-0.3, -0.25) is 14.5 Å². The fourth-order valence-corrected chi connectivity index (χ4v) is 3.12. The Labute approximate surface area is 166 Å². The summed E-state index contributed by atoms with van der Waals surface area (Å²) in [6.45, 7) is 4.22. The molecular formula is C19H23F2N3O5. The number of urea groups is 1. The molecule has 2 rings (SSSR count). The van der Waals surface area contributed by atoms with Crippen molar-refractivity contribution in [3.05, 3.63) is 35.4 Å². The van der Waals surface area contributed by atoms with Crippen LogP contribution in [0.2, 0.25) is 0 Å². The topological polar surface area (TPSA) is 105 Å². The Kier molecular flexibility index (Phi) is 6.55. The Balaban J connectivity index is 2.18. The summed E-state index contributed by atoms with van der Waals surface area (Å²) in [5, 5.41) is 4.73. The Morgan fingerprint density at radius 2 is 1.93 bits per heavy atom. The van der Waals surface area contributed by atoms with Crippen molar-refractivity contribution in [1.29, 1.82) is 0 Å². The standard InChI is InChI=1S/C19H23F2N3O5/c1-10(2)7-14(16(26)29-4)22-15(25)9-24-17(27)19(3,23-18(24)28)12-8-11(20)5-6-13(12)21/h5-6,8,10,14H,7,9H2,1-4H3,(H,22,25)(H,23,28)/t14-,19+/m1/s1. The Morgan fingerprint density at radius 3 is 2.52 bits per heavy atom. The lowest BCUT2D eigenvalue weighted by molar-refractivity contribution is -0.145. The highest BCUT2D eigenvalue weighted by molar-refractivity contribution is 6.09. The maximum atomic E-state index is 14.2. The first-order valence-corrected chi connectivity index (χ1v) is 8.96. The smallest absolute Gasteiger partial charge is 0.328 e. The Hall–Kier alpha value is -3.04. The summed E-state index contributed by atoms with van der Waals surface area (Å²) in [4.78, 5) is 49.8. The van der Waals surface area contributed by atoms with E-state index in [2.05, 4.69) is 15.4 Å². The molecule has 1 saturated heterocycles. The normalized spacial score (nSPS) is 19.9. The van der Waals surface area contributed by atoms with E-state index in [1.54, 1.807) is 0 Å². The van der Waals surface area contributed by atoms with Gasteiger partial charge in [0.25, 0.3) is 5.91 Å². The number of imide groups is 1.